The van der Waals surface area contributed by atoms with Crippen molar-refractivity contribution in [2.24, 2.45) is 0 Å². The van der Waals surface area contributed by atoms with Gasteiger partial charge in [-0.2, -0.15) is 4.80 Å². The molecule has 0 N–H and O–H groups in total. The van der Waals surface area contributed by atoms with E-state index in [4.69, 9.17) is 0 Å². The van der Waals surface area contributed by atoms with Crippen molar-refractivity contribution in [2.75, 3.05) is 11.4 Å². The summed E-state index contributed by atoms with van der Waals surface area (Å²) < 4.78 is 0. The van der Waals surface area contributed by atoms with Crippen molar-refractivity contribution in [3.8, 4) is 11.4 Å². The second-order valence-electron chi connectivity index (χ2n) is 5.79. The standard InChI is InChI=1S/C18H17N5O/c24-17(22-12-6-10-14-7-4-5-11-16(14)22)13-23-20-18(19-21-23)15-8-2-1-3-9-15/h1-5,7-9,11H,6,10,12-13H2. The third-order valence-electron chi connectivity index (χ3n) is 4.17. The van der Waals surface area contributed by atoms with Crippen LogP contribution < -0.4 is 4.90 Å². The molecule has 0 saturated carbocycles. The average Bonchev–Trinajstić information content (AvgIpc) is 3.10. The Labute approximate surface area is 139 Å². The zero-order valence-electron chi connectivity index (χ0n) is 13.2. The average molecular weight is 319 g/mol. The molecule has 0 aliphatic carbocycles. The first-order chi connectivity index (χ1) is 11.8. The summed E-state index contributed by atoms with van der Waals surface area (Å²) in [6.07, 6.45) is 1.99. The van der Waals surface area contributed by atoms with Gasteiger partial charge in [0.15, 0.2) is 0 Å². The van der Waals surface area contributed by atoms with Crippen LogP contribution in [0.4, 0.5) is 5.69 Å². The SMILES string of the molecule is O=C(Cn1nnc(-c2ccccc2)n1)N1CCCc2ccccc21. The first kappa shape index (κ1) is 14.6. The van der Waals surface area contributed by atoms with Gasteiger partial charge in [-0.05, 0) is 29.7 Å². The molecule has 0 spiro atoms. The van der Waals surface area contributed by atoms with Gasteiger partial charge < -0.3 is 4.90 Å². The minimum Gasteiger partial charge on any atom is -0.310 e. The number of hydrogen-bond acceptors (Lipinski definition) is 4. The topological polar surface area (TPSA) is 63.9 Å². The number of carbonyl (C=O) groups is 1. The number of amides is 1. The maximum atomic E-state index is 12.7. The normalized spacial score (nSPS) is 13.6. The lowest BCUT2D eigenvalue weighted by molar-refractivity contribution is -0.119. The van der Waals surface area contributed by atoms with Gasteiger partial charge in [-0.3, -0.25) is 4.79 Å². The van der Waals surface area contributed by atoms with Gasteiger partial charge in [0.2, 0.25) is 5.82 Å². The van der Waals surface area contributed by atoms with Crippen LogP contribution in [0.5, 0.6) is 0 Å². The summed E-state index contributed by atoms with van der Waals surface area (Å²) in [4.78, 5) is 15.9. The number of fused-ring (bicyclic) bond motifs is 1. The molecule has 0 bridgehead atoms. The van der Waals surface area contributed by atoms with E-state index >= 15 is 0 Å². The minimum atomic E-state index is -0.0147. The monoisotopic (exact) mass is 319 g/mol. The van der Waals surface area contributed by atoms with Crippen molar-refractivity contribution in [3.63, 3.8) is 0 Å². The highest BCUT2D eigenvalue weighted by Crippen LogP contribution is 2.26. The Balaban J connectivity index is 1.53. The number of aryl methyl sites for hydroxylation is 1. The smallest absolute Gasteiger partial charge is 0.250 e. The Kier molecular flexibility index (Phi) is 3.78. The largest absolute Gasteiger partial charge is 0.310 e. The molecule has 1 amide bonds. The third kappa shape index (κ3) is 2.78. The van der Waals surface area contributed by atoms with Gasteiger partial charge >= 0.3 is 0 Å². The van der Waals surface area contributed by atoms with Crippen molar-refractivity contribution in [1.29, 1.82) is 0 Å². The van der Waals surface area contributed by atoms with Gasteiger partial charge in [0.25, 0.3) is 5.91 Å². The van der Waals surface area contributed by atoms with Crippen LogP contribution in [0.1, 0.15) is 12.0 Å². The van der Waals surface area contributed by atoms with E-state index in [1.54, 1.807) is 0 Å². The van der Waals surface area contributed by atoms with Crippen molar-refractivity contribution < 1.29 is 4.79 Å². The molecule has 4 rings (SSSR count). The molecular formula is C18H17N5O. The van der Waals surface area contributed by atoms with Crippen molar-refractivity contribution in [2.45, 2.75) is 19.4 Å². The van der Waals surface area contributed by atoms with E-state index < -0.39 is 0 Å². The highest BCUT2D eigenvalue weighted by atomic mass is 16.2. The van der Waals surface area contributed by atoms with Gasteiger partial charge in [-0.25, -0.2) is 0 Å². The lowest BCUT2D eigenvalue weighted by Gasteiger charge is -2.29. The molecule has 6 heteroatoms. The highest BCUT2D eigenvalue weighted by molar-refractivity contribution is 5.94. The molecule has 2 heterocycles. The molecule has 24 heavy (non-hydrogen) atoms. The molecule has 120 valence electrons. The number of nitrogens with zero attached hydrogens (tertiary/aromatic N) is 5. The predicted molar refractivity (Wildman–Crippen MR) is 90.4 cm³/mol. The highest BCUT2D eigenvalue weighted by Gasteiger charge is 2.23. The molecular weight excluding hydrogens is 302 g/mol. The maximum absolute atomic E-state index is 12.7. The fourth-order valence-corrected chi connectivity index (χ4v) is 3.01. The van der Waals surface area contributed by atoms with Crippen LogP contribution in [0, 0.1) is 0 Å². The van der Waals surface area contributed by atoms with Gasteiger partial charge in [0.1, 0.15) is 6.54 Å². The summed E-state index contributed by atoms with van der Waals surface area (Å²) in [6.45, 7) is 0.824. The van der Waals surface area contributed by atoms with Crippen LogP contribution >= 0.6 is 0 Å². The fraction of sp³-hybridized carbons (Fsp3) is 0.222. The van der Waals surface area contributed by atoms with Gasteiger partial charge in [-0.15, -0.1) is 10.2 Å². The number of carbonyl (C=O) groups excluding carboxylic acids is 1. The lowest BCUT2D eigenvalue weighted by Crippen LogP contribution is -2.38. The van der Waals surface area contributed by atoms with Crippen LogP contribution in [0.2, 0.25) is 0 Å². The maximum Gasteiger partial charge on any atom is 0.250 e. The Morgan fingerprint density at radius 1 is 1.04 bits per heavy atom. The molecule has 6 nitrogen and oxygen atoms in total. The Hall–Kier alpha value is -3.02. The van der Waals surface area contributed by atoms with E-state index in [0.717, 1.165) is 30.6 Å². The van der Waals surface area contributed by atoms with Crippen LogP contribution in [0.3, 0.4) is 0 Å². The molecule has 3 aromatic rings. The number of hydrogen-bond donors (Lipinski definition) is 0. The molecule has 0 atom stereocenters. The molecule has 0 fully saturated rings. The zero-order valence-corrected chi connectivity index (χ0v) is 13.2. The molecule has 1 aliphatic rings. The summed E-state index contributed by atoms with van der Waals surface area (Å²) in [7, 11) is 0. The molecule has 1 aromatic heterocycles. The Bertz CT molecular complexity index is 859. The first-order valence-electron chi connectivity index (χ1n) is 8.03. The Morgan fingerprint density at radius 3 is 2.71 bits per heavy atom. The fourth-order valence-electron chi connectivity index (χ4n) is 3.01. The molecule has 1 aliphatic heterocycles. The second-order valence-corrected chi connectivity index (χ2v) is 5.79. The zero-order chi connectivity index (χ0) is 16.4. The molecule has 2 aromatic carbocycles. The van der Waals surface area contributed by atoms with Gasteiger partial charge in [0, 0.05) is 17.8 Å². The predicted octanol–water partition coefficient (Wildman–Crippen LogP) is 2.32. The summed E-state index contributed by atoms with van der Waals surface area (Å²) >= 11 is 0. The third-order valence-corrected chi connectivity index (χ3v) is 4.17. The Morgan fingerprint density at radius 2 is 1.83 bits per heavy atom. The number of anilines is 1. The van der Waals surface area contributed by atoms with Crippen molar-refractivity contribution in [1.82, 2.24) is 20.2 Å². The summed E-state index contributed by atoms with van der Waals surface area (Å²) in [5.41, 5.74) is 3.10. The number of para-hydroxylation sites is 1. The van der Waals surface area contributed by atoms with E-state index in [2.05, 4.69) is 21.5 Å². The second kappa shape index (κ2) is 6.23. The number of rotatable bonds is 3. The number of benzene rings is 2. The van der Waals surface area contributed by atoms with Crippen molar-refractivity contribution >= 4 is 11.6 Å². The molecule has 0 saturated heterocycles. The van der Waals surface area contributed by atoms with E-state index in [-0.39, 0.29) is 12.5 Å². The van der Waals surface area contributed by atoms with E-state index in [1.165, 1.54) is 10.4 Å². The summed E-state index contributed by atoms with van der Waals surface area (Å²) in [5, 5.41) is 12.4. The molecule has 0 radical (unpaired) electrons. The quantitative estimate of drug-likeness (QED) is 0.743. The van der Waals surface area contributed by atoms with E-state index in [0.29, 0.717) is 5.82 Å². The summed E-state index contributed by atoms with van der Waals surface area (Å²) in [6, 6.07) is 17.7. The lowest BCUT2D eigenvalue weighted by atomic mass is 10.0. The van der Waals surface area contributed by atoms with Gasteiger partial charge in [-0.1, -0.05) is 48.5 Å². The van der Waals surface area contributed by atoms with Crippen LogP contribution in [-0.4, -0.2) is 32.7 Å². The van der Waals surface area contributed by atoms with Crippen LogP contribution in [0.25, 0.3) is 11.4 Å². The van der Waals surface area contributed by atoms with Gasteiger partial charge in [0.05, 0.1) is 0 Å². The van der Waals surface area contributed by atoms with E-state index in [9.17, 15) is 4.79 Å². The van der Waals surface area contributed by atoms with Crippen molar-refractivity contribution in [3.05, 3.63) is 60.2 Å². The molecule has 0 unspecified atom stereocenters. The first-order valence-corrected chi connectivity index (χ1v) is 8.03. The van der Waals surface area contributed by atoms with Crippen LogP contribution in [0.15, 0.2) is 54.6 Å². The van der Waals surface area contributed by atoms with E-state index in [1.807, 2.05) is 53.4 Å². The number of aromatic nitrogens is 4. The minimum absolute atomic E-state index is 0.0147. The van der Waals surface area contributed by atoms with Crippen LogP contribution in [-0.2, 0) is 17.8 Å². The number of tetrazole rings is 1. The summed E-state index contributed by atoms with van der Waals surface area (Å²) in [5.74, 6) is 0.515.